The van der Waals surface area contributed by atoms with Crippen molar-refractivity contribution < 1.29 is 4.79 Å². The highest BCUT2D eigenvalue weighted by Crippen LogP contribution is 2.23. The van der Waals surface area contributed by atoms with Gasteiger partial charge >= 0.3 is 0 Å². The SMILES string of the molecule is C.C.CCCCC(=O)C(C)(C)CC. The number of unbranched alkanes of at least 4 members (excludes halogenated alkanes) is 1. The van der Waals surface area contributed by atoms with Crippen LogP contribution < -0.4 is 0 Å². The Morgan fingerprint density at radius 2 is 1.62 bits per heavy atom. The average Bonchev–Trinajstić information content (AvgIpc) is 2.00. The van der Waals surface area contributed by atoms with Gasteiger partial charge in [-0.15, -0.1) is 0 Å². The molecule has 1 nitrogen and oxygen atoms in total. The standard InChI is InChI=1S/C10H20O.2CH4/c1-5-7-8-9(11)10(3,4)6-2;;/h5-8H2,1-4H3;2*1H4. The minimum absolute atomic E-state index is 0. The normalized spacial score (nSPS) is 9.85. The van der Waals surface area contributed by atoms with Gasteiger partial charge in [-0.05, 0) is 12.8 Å². The molecule has 0 heterocycles. The third-order valence-electron chi connectivity index (χ3n) is 2.40. The molecule has 0 unspecified atom stereocenters. The van der Waals surface area contributed by atoms with E-state index in [4.69, 9.17) is 0 Å². The molecule has 0 aromatic heterocycles. The molecule has 0 aromatic carbocycles. The molecule has 1 heteroatoms. The molecular weight excluding hydrogens is 160 g/mol. The molecule has 0 aliphatic rings. The van der Waals surface area contributed by atoms with Gasteiger partial charge in [0, 0.05) is 11.8 Å². The predicted octanol–water partition coefficient (Wildman–Crippen LogP) is 4.45. The zero-order chi connectivity index (χ0) is 8.91. The van der Waals surface area contributed by atoms with E-state index < -0.39 is 0 Å². The van der Waals surface area contributed by atoms with Gasteiger partial charge in [0.2, 0.25) is 0 Å². The molecule has 0 rings (SSSR count). The van der Waals surface area contributed by atoms with Crippen LogP contribution in [0, 0.1) is 5.41 Å². The Kier molecular flexibility index (Phi) is 11.7. The Morgan fingerprint density at radius 3 is 1.92 bits per heavy atom. The molecule has 0 bridgehead atoms. The van der Waals surface area contributed by atoms with E-state index in [1.54, 1.807) is 0 Å². The summed E-state index contributed by atoms with van der Waals surface area (Å²) >= 11 is 0. The summed E-state index contributed by atoms with van der Waals surface area (Å²) in [5.41, 5.74) is -0.0881. The number of carbonyl (C=O) groups is 1. The van der Waals surface area contributed by atoms with Gasteiger partial charge in [0.25, 0.3) is 0 Å². The highest BCUT2D eigenvalue weighted by atomic mass is 16.1. The Balaban J connectivity index is -0.000000500. The van der Waals surface area contributed by atoms with Gasteiger partial charge in [0.05, 0.1) is 0 Å². The van der Waals surface area contributed by atoms with Crippen LogP contribution >= 0.6 is 0 Å². The van der Waals surface area contributed by atoms with Gasteiger partial charge in [-0.25, -0.2) is 0 Å². The minimum Gasteiger partial charge on any atom is -0.299 e. The summed E-state index contributed by atoms with van der Waals surface area (Å²) in [6.45, 7) is 8.26. The van der Waals surface area contributed by atoms with Crippen LogP contribution in [0.5, 0.6) is 0 Å². The molecule has 0 aliphatic heterocycles. The van der Waals surface area contributed by atoms with Gasteiger partial charge in [-0.2, -0.15) is 0 Å². The fourth-order valence-corrected chi connectivity index (χ4v) is 0.873. The first-order chi connectivity index (χ1) is 5.04. The predicted molar refractivity (Wildman–Crippen MR) is 62.1 cm³/mol. The number of ketones is 1. The fourth-order valence-electron chi connectivity index (χ4n) is 0.873. The topological polar surface area (TPSA) is 17.1 Å². The van der Waals surface area contributed by atoms with Gasteiger partial charge in [-0.1, -0.05) is 49.0 Å². The van der Waals surface area contributed by atoms with E-state index in [1.165, 1.54) is 0 Å². The number of rotatable bonds is 5. The van der Waals surface area contributed by atoms with Crippen molar-refractivity contribution in [2.24, 2.45) is 5.41 Å². The van der Waals surface area contributed by atoms with E-state index in [0.29, 0.717) is 5.78 Å². The highest BCUT2D eigenvalue weighted by Gasteiger charge is 2.23. The summed E-state index contributed by atoms with van der Waals surface area (Å²) in [6.07, 6.45) is 3.88. The van der Waals surface area contributed by atoms with E-state index in [9.17, 15) is 4.79 Å². The lowest BCUT2D eigenvalue weighted by molar-refractivity contribution is -0.127. The molecule has 0 N–H and O–H groups in total. The maximum Gasteiger partial charge on any atom is 0.138 e. The molecule has 82 valence electrons. The van der Waals surface area contributed by atoms with Crippen LogP contribution in [0.1, 0.15) is 68.2 Å². The van der Waals surface area contributed by atoms with Crippen LogP contribution in [0.25, 0.3) is 0 Å². The van der Waals surface area contributed by atoms with E-state index in [-0.39, 0.29) is 20.3 Å². The van der Waals surface area contributed by atoms with Crippen molar-refractivity contribution in [3.63, 3.8) is 0 Å². The number of hydrogen-bond donors (Lipinski definition) is 0. The van der Waals surface area contributed by atoms with E-state index in [2.05, 4.69) is 13.8 Å². The Hall–Kier alpha value is -0.330. The van der Waals surface area contributed by atoms with Crippen molar-refractivity contribution in [3.05, 3.63) is 0 Å². The summed E-state index contributed by atoms with van der Waals surface area (Å²) in [6, 6.07) is 0. The van der Waals surface area contributed by atoms with Crippen LogP contribution in [0.4, 0.5) is 0 Å². The van der Waals surface area contributed by atoms with Gasteiger partial charge in [0.1, 0.15) is 5.78 Å². The Bertz CT molecular complexity index is 125. The maximum absolute atomic E-state index is 11.5. The van der Waals surface area contributed by atoms with E-state index in [0.717, 1.165) is 25.7 Å². The molecule has 0 radical (unpaired) electrons. The molecular formula is C12H28O. The number of carbonyl (C=O) groups excluding carboxylic acids is 1. The van der Waals surface area contributed by atoms with E-state index >= 15 is 0 Å². The average molecular weight is 188 g/mol. The summed E-state index contributed by atoms with van der Waals surface area (Å²) < 4.78 is 0. The molecule has 0 aromatic rings. The summed E-state index contributed by atoms with van der Waals surface area (Å²) in [5, 5.41) is 0. The second-order valence-electron chi connectivity index (χ2n) is 3.76. The first-order valence-electron chi connectivity index (χ1n) is 4.58. The second kappa shape index (κ2) is 8.28. The molecule has 0 saturated heterocycles. The lowest BCUT2D eigenvalue weighted by atomic mass is 9.83. The van der Waals surface area contributed by atoms with Crippen molar-refractivity contribution in [2.75, 3.05) is 0 Å². The Morgan fingerprint density at radius 1 is 1.15 bits per heavy atom. The van der Waals surface area contributed by atoms with Crippen LogP contribution in [-0.4, -0.2) is 5.78 Å². The molecule has 0 fully saturated rings. The fraction of sp³-hybridized carbons (Fsp3) is 0.917. The smallest absolute Gasteiger partial charge is 0.138 e. The lowest BCUT2D eigenvalue weighted by Gasteiger charge is -2.20. The van der Waals surface area contributed by atoms with Gasteiger partial charge in [-0.3, -0.25) is 4.79 Å². The van der Waals surface area contributed by atoms with Crippen LogP contribution in [0.2, 0.25) is 0 Å². The van der Waals surface area contributed by atoms with Crippen molar-refractivity contribution in [3.8, 4) is 0 Å². The third kappa shape index (κ3) is 6.80. The maximum atomic E-state index is 11.5. The highest BCUT2D eigenvalue weighted by molar-refractivity contribution is 5.83. The number of Topliss-reactive ketones (excluding diaryl/α,β-unsaturated/α-hetero) is 1. The molecule has 0 atom stereocenters. The lowest BCUT2D eigenvalue weighted by Crippen LogP contribution is -2.22. The second-order valence-corrected chi connectivity index (χ2v) is 3.76. The first kappa shape index (κ1) is 18.5. The van der Waals surface area contributed by atoms with Crippen molar-refractivity contribution in [2.45, 2.75) is 68.2 Å². The largest absolute Gasteiger partial charge is 0.299 e. The number of hydrogen-bond acceptors (Lipinski definition) is 1. The first-order valence-corrected chi connectivity index (χ1v) is 4.58. The monoisotopic (exact) mass is 188 g/mol. The summed E-state index contributed by atoms with van der Waals surface area (Å²) in [5.74, 6) is 0.418. The van der Waals surface area contributed by atoms with E-state index in [1.807, 2.05) is 13.8 Å². The van der Waals surface area contributed by atoms with Gasteiger partial charge in [0.15, 0.2) is 0 Å². The molecule has 0 aliphatic carbocycles. The molecule has 13 heavy (non-hydrogen) atoms. The molecule has 0 saturated carbocycles. The molecule has 0 spiro atoms. The van der Waals surface area contributed by atoms with Crippen molar-refractivity contribution in [1.29, 1.82) is 0 Å². The van der Waals surface area contributed by atoms with Crippen LogP contribution in [0.3, 0.4) is 0 Å². The van der Waals surface area contributed by atoms with Crippen LogP contribution in [0.15, 0.2) is 0 Å². The van der Waals surface area contributed by atoms with Crippen molar-refractivity contribution in [1.82, 2.24) is 0 Å². The summed E-state index contributed by atoms with van der Waals surface area (Å²) in [4.78, 5) is 11.5. The zero-order valence-electron chi connectivity index (χ0n) is 8.24. The third-order valence-corrected chi connectivity index (χ3v) is 2.40. The van der Waals surface area contributed by atoms with Gasteiger partial charge < -0.3 is 0 Å². The zero-order valence-corrected chi connectivity index (χ0v) is 8.24. The minimum atomic E-state index is -0.0881. The molecule has 0 amide bonds. The quantitative estimate of drug-likeness (QED) is 0.623. The van der Waals surface area contributed by atoms with Crippen molar-refractivity contribution >= 4 is 5.78 Å². The Labute approximate surface area is 84.9 Å². The van der Waals surface area contributed by atoms with Crippen LogP contribution in [-0.2, 0) is 4.79 Å². The summed E-state index contributed by atoms with van der Waals surface area (Å²) in [7, 11) is 0.